The average molecular weight is 408 g/mol. The molecule has 2 aliphatic rings. The van der Waals surface area contributed by atoms with E-state index in [0.717, 1.165) is 60.9 Å². The van der Waals surface area contributed by atoms with Crippen LogP contribution >= 0.6 is 0 Å². The van der Waals surface area contributed by atoms with Crippen LogP contribution in [0.2, 0.25) is 0 Å². The summed E-state index contributed by atoms with van der Waals surface area (Å²) in [4.78, 5) is 13.8. The van der Waals surface area contributed by atoms with Crippen LogP contribution in [0.1, 0.15) is 5.56 Å². The lowest BCUT2D eigenvalue weighted by atomic mass is 10.1. The van der Waals surface area contributed by atoms with E-state index >= 15 is 0 Å². The van der Waals surface area contributed by atoms with Crippen molar-refractivity contribution >= 4 is 16.7 Å². The Morgan fingerprint density at radius 3 is 2.47 bits per heavy atom. The molecule has 0 aliphatic carbocycles. The molecule has 3 heterocycles. The first-order chi connectivity index (χ1) is 14.7. The highest BCUT2D eigenvalue weighted by atomic mass is 16.7. The van der Waals surface area contributed by atoms with Crippen LogP contribution in [-0.4, -0.2) is 62.1 Å². The number of nitrogens with zero attached hydrogens (tertiary/aromatic N) is 4. The van der Waals surface area contributed by atoms with Gasteiger partial charge < -0.3 is 23.8 Å². The fourth-order valence-electron chi connectivity index (χ4n) is 4.04. The van der Waals surface area contributed by atoms with E-state index in [9.17, 15) is 0 Å². The maximum atomic E-state index is 5.50. The first kappa shape index (κ1) is 18.7. The van der Waals surface area contributed by atoms with Gasteiger partial charge in [-0.3, -0.25) is 4.90 Å². The molecule has 0 spiro atoms. The molecule has 0 unspecified atom stereocenters. The summed E-state index contributed by atoms with van der Waals surface area (Å²) in [5.74, 6) is 3.95. The van der Waals surface area contributed by atoms with Gasteiger partial charge >= 0.3 is 0 Å². The quantitative estimate of drug-likeness (QED) is 0.638. The van der Waals surface area contributed by atoms with Gasteiger partial charge in [0.2, 0.25) is 6.79 Å². The molecule has 2 aromatic carbocycles. The SMILES string of the molecule is COc1cc2ncnc(N3CCN(Cc4ccc5c(c4)OCO5)CC3)c2cc1OC. The maximum Gasteiger partial charge on any atom is 0.231 e. The topological polar surface area (TPSA) is 69.2 Å². The van der Waals surface area contributed by atoms with Gasteiger partial charge in [-0.15, -0.1) is 0 Å². The third kappa shape index (κ3) is 3.43. The van der Waals surface area contributed by atoms with Crippen molar-refractivity contribution in [3.63, 3.8) is 0 Å². The number of piperazine rings is 1. The van der Waals surface area contributed by atoms with Crippen LogP contribution in [0, 0.1) is 0 Å². The first-order valence-corrected chi connectivity index (χ1v) is 9.97. The van der Waals surface area contributed by atoms with E-state index < -0.39 is 0 Å². The summed E-state index contributed by atoms with van der Waals surface area (Å²) >= 11 is 0. The second-order valence-corrected chi connectivity index (χ2v) is 7.37. The Bertz CT molecular complexity index is 1070. The van der Waals surface area contributed by atoms with Crippen molar-refractivity contribution in [1.29, 1.82) is 0 Å². The van der Waals surface area contributed by atoms with Gasteiger partial charge in [0.1, 0.15) is 12.1 Å². The molecule has 8 heteroatoms. The number of benzene rings is 2. The second kappa shape index (κ2) is 7.87. The molecule has 0 atom stereocenters. The van der Waals surface area contributed by atoms with Crippen LogP contribution in [0.4, 0.5) is 5.82 Å². The minimum Gasteiger partial charge on any atom is -0.493 e. The molecule has 0 amide bonds. The number of hydrogen-bond acceptors (Lipinski definition) is 8. The predicted octanol–water partition coefficient (Wildman–Crippen LogP) is 2.70. The molecule has 0 radical (unpaired) electrons. The summed E-state index contributed by atoms with van der Waals surface area (Å²) in [5.41, 5.74) is 2.08. The Morgan fingerprint density at radius 2 is 1.67 bits per heavy atom. The molecule has 5 rings (SSSR count). The van der Waals surface area contributed by atoms with Crippen LogP contribution in [0.25, 0.3) is 10.9 Å². The largest absolute Gasteiger partial charge is 0.493 e. The lowest BCUT2D eigenvalue weighted by molar-refractivity contribution is 0.174. The van der Waals surface area contributed by atoms with Crippen molar-refractivity contribution in [2.45, 2.75) is 6.54 Å². The van der Waals surface area contributed by atoms with Crippen LogP contribution in [-0.2, 0) is 6.54 Å². The highest BCUT2D eigenvalue weighted by Crippen LogP contribution is 2.35. The number of aromatic nitrogens is 2. The lowest BCUT2D eigenvalue weighted by Crippen LogP contribution is -2.46. The Kier molecular flexibility index (Phi) is 4.92. The average Bonchev–Trinajstić information content (AvgIpc) is 3.26. The monoisotopic (exact) mass is 408 g/mol. The van der Waals surface area contributed by atoms with E-state index in [0.29, 0.717) is 18.3 Å². The molecule has 0 bridgehead atoms. The molecule has 1 aromatic heterocycles. The van der Waals surface area contributed by atoms with Crippen molar-refractivity contribution in [2.75, 3.05) is 52.1 Å². The molecule has 156 valence electrons. The van der Waals surface area contributed by atoms with Gasteiger partial charge in [-0.2, -0.15) is 0 Å². The number of anilines is 1. The summed E-state index contributed by atoms with van der Waals surface area (Å²) < 4.78 is 21.8. The van der Waals surface area contributed by atoms with Crippen molar-refractivity contribution in [3.05, 3.63) is 42.2 Å². The zero-order chi connectivity index (χ0) is 20.5. The minimum atomic E-state index is 0.307. The third-order valence-electron chi connectivity index (χ3n) is 5.63. The van der Waals surface area contributed by atoms with Crippen LogP contribution < -0.4 is 23.8 Å². The summed E-state index contributed by atoms with van der Waals surface area (Å²) in [5, 5.41) is 0.972. The fourth-order valence-corrected chi connectivity index (χ4v) is 4.04. The van der Waals surface area contributed by atoms with Gasteiger partial charge in [0.15, 0.2) is 23.0 Å². The molecule has 8 nitrogen and oxygen atoms in total. The summed E-state index contributed by atoms with van der Waals surface area (Å²) in [6.07, 6.45) is 1.61. The van der Waals surface area contributed by atoms with Crippen molar-refractivity contribution in [2.24, 2.45) is 0 Å². The summed E-state index contributed by atoms with van der Waals surface area (Å²) in [7, 11) is 3.27. The van der Waals surface area contributed by atoms with E-state index in [2.05, 4.69) is 31.9 Å². The smallest absolute Gasteiger partial charge is 0.231 e. The number of methoxy groups -OCH3 is 2. The highest BCUT2D eigenvalue weighted by Gasteiger charge is 2.22. The maximum absolute atomic E-state index is 5.50. The van der Waals surface area contributed by atoms with Gasteiger partial charge in [0, 0.05) is 44.2 Å². The van der Waals surface area contributed by atoms with Crippen molar-refractivity contribution in [1.82, 2.24) is 14.9 Å². The number of ether oxygens (including phenoxy) is 4. The lowest BCUT2D eigenvalue weighted by Gasteiger charge is -2.35. The number of rotatable bonds is 5. The Balaban J connectivity index is 1.31. The Morgan fingerprint density at radius 1 is 0.900 bits per heavy atom. The minimum absolute atomic E-state index is 0.307. The van der Waals surface area contributed by atoms with E-state index in [1.165, 1.54) is 5.56 Å². The molecular weight excluding hydrogens is 384 g/mol. The van der Waals surface area contributed by atoms with E-state index in [-0.39, 0.29) is 0 Å². The van der Waals surface area contributed by atoms with Crippen LogP contribution in [0.5, 0.6) is 23.0 Å². The molecule has 30 heavy (non-hydrogen) atoms. The zero-order valence-electron chi connectivity index (χ0n) is 17.1. The standard InChI is InChI=1S/C22H24N4O4/c1-27-19-10-16-17(11-20(19)28-2)23-13-24-22(16)26-7-5-25(6-8-26)12-15-3-4-18-21(9-15)30-14-29-18/h3-4,9-11,13H,5-8,12,14H2,1-2H3. The van der Waals surface area contributed by atoms with Crippen LogP contribution in [0.3, 0.4) is 0 Å². The number of fused-ring (bicyclic) bond motifs is 2. The molecule has 0 N–H and O–H groups in total. The fraction of sp³-hybridized carbons (Fsp3) is 0.364. The van der Waals surface area contributed by atoms with Gasteiger partial charge in [-0.1, -0.05) is 6.07 Å². The third-order valence-corrected chi connectivity index (χ3v) is 5.63. The Labute approximate surface area is 174 Å². The van der Waals surface area contributed by atoms with E-state index in [1.807, 2.05) is 18.2 Å². The van der Waals surface area contributed by atoms with Crippen molar-refractivity contribution < 1.29 is 18.9 Å². The summed E-state index contributed by atoms with van der Waals surface area (Å²) in [6.45, 7) is 4.89. The summed E-state index contributed by atoms with van der Waals surface area (Å²) in [6, 6.07) is 10.0. The normalized spacial score (nSPS) is 16.1. The van der Waals surface area contributed by atoms with Crippen molar-refractivity contribution in [3.8, 4) is 23.0 Å². The van der Waals surface area contributed by atoms with Crippen LogP contribution in [0.15, 0.2) is 36.7 Å². The molecule has 1 saturated heterocycles. The number of hydrogen-bond donors (Lipinski definition) is 0. The second-order valence-electron chi connectivity index (χ2n) is 7.37. The van der Waals surface area contributed by atoms with Gasteiger partial charge in [0.05, 0.1) is 19.7 Å². The first-order valence-electron chi connectivity index (χ1n) is 9.97. The molecular formula is C22H24N4O4. The molecule has 2 aliphatic heterocycles. The van der Waals surface area contributed by atoms with E-state index in [1.54, 1.807) is 20.5 Å². The molecule has 0 saturated carbocycles. The van der Waals surface area contributed by atoms with Gasteiger partial charge in [-0.25, -0.2) is 9.97 Å². The molecule has 3 aromatic rings. The van der Waals surface area contributed by atoms with Gasteiger partial charge in [-0.05, 0) is 23.8 Å². The molecule has 1 fully saturated rings. The zero-order valence-corrected chi connectivity index (χ0v) is 17.1. The highest BCUT2D eigenvalue weighted by molar-refractivity contribution is 5.92. The Hall–Kier alpha value is -3.26. The van der Waals surface area contributed by atoms with E-state index in [4.69, 9.17) is 18.9 Å². The van der Waals surface area contributed by atoms with Gasteiger partial charge in [0.25, 0.3) is 0 Å². The predicted molar refractivity (Wildman–Crippen MR) is 113 cm³/mol.